The van der Waals surface area contributed by atoms with Gasteiger partial charge in [-0.05, 0) is 0 Å². The molecule has 1 heterocycles. The second-order valence-corrected chi connectivity index (χ2v) is 3.33. The number of hydrogen-bond donors (Lipinski definition) is 1. The molecule has 1 fully saturated rings. The van der Waals surface area contributed by atoms with Crippen molar-refractivity contribution in [2.75, 3.05) is 0 Å². The maximum absolute atomic E-state index is 11.0. The van der Waals surface area contributed by atoms with Crippen LogP contribution in [0.15, 0.2) is 0 Å². The summed E-state index contributed by atoms with van der Waals surface area (Å²) < 4.78 is 4.89. The molecule has 0 saturated carbocycles. The summed E-state index contributed by atoms with van der Waals surface area (Å²) in [5.41, 5.74) is 0. The van der Waals surface area contributed by atoms with E-state index in [4.69, 9.17) is 11.2 Å². The molecule has 0 spiro atoms. The van der Waals surface area contributed by atoms with Gasteiger partial charge in [-0.15, -0.1) is 12.3 Å². The number of aliphatic hydroxyl groups excluding tert-OH is 1. The topological polar surface area (TPSA) is 63.6 Å². The van der Waals surface area contributed by atoms with Crippen LogP contribution in [0.5, 0.6) is 0 Å². The molecule has 1 N–H and O–H groups in total. The van der Waals surface area contributed by atoms with Crippen LogP contribution in [0.3, 0.4) is 0 Å². The van der Waals surface area contributed by atoms with Crippen molar-refractivity contribution in [1.82, 2.24) is 0 Å². The Bertz CT molecular complexity index is 260. The summed E-state index contributed by atoms with van der Waals surface area (Å²) in [6.07, 6.45) is 4.28. The fourth-order valence-electron chi connectivity index (χ4n) is 1.41. The molecular formula is C10H12O4. The van der Waals surface area contributed by atoms with Gasteiger partial charge in [0, 0.05) is 19.3 Å². The van der Waals surface area contributed by atoms with Gasteiger partial charge in [0.15, 0.2) is 0 Å². The summed E-state index contributed by atoms with van der Waals surface area (Å²) in [7, 11) is 0. The first-order chi connectivity index (χ1) is 6.61. The molecule has 76 valence electrons. The van der Waals surface area contributed by atoms with E-state index < -0.39 is 18.2 Å². The van der Waals surface area contributed by atoms with Crippen molar-refractivity contribution in [1.29, 1.82) is 0 Å². The third-order valence-electron chi connectivity index (χ3n) is 1.98. The zero-order chi connectivity index (χ0) is 10.6. The smallest absolute Gasteiger partial charge is 0.313 e. The molecule has 0 amide bonds. The monoisotopic (exact) mass is 196 g/mol. The number of aliphatic hydroxyl groups is 1. The lowest BCUT2D eigenvalue weighted by Crippen LogP contribution is -2.32. The molecule has 1 aliphatic rings. The van der Waals surface area contributed by atoms with Crippen molar-refractivity contribution >= 4 is 11.8 Å². The van der Waals surface area contributed by atoms with E-state index in [0.29, 0.717) is 0 Å². The summed E-state index contributed by atoms with van der Waals surface area (Å²) in [4.78, 5) is 21.9. The second-order valence-electron chi connectivity index (χ2n) is 3.33. The van der Waals surface area contributed by atoms with Gasteiger partial charge in [-0.3, -0.25) is 9.59 Å². The highest BCUT2D eigenvalue weighted by Crippen LogP contribution is 2.16. The summed E-state index contributed by atoms with van der Waals surface area (Å²) in [5, 5.41) is 9.33. The van der Waals surface area contributed by atoms with Gasteiger partial charge < -0.3 is 9.84 Å². The molecule has 0 radical (unpaired) electrons. The summed E-state index contributed by atoms with van der Waals surface area (Å²) in [6.45, 7) is 0. The van der Waals surface area contributed by atoms with Crippen LogP contribution >= 0.6 is 0 Å². The Morgan fingerprint density at radius 3 is 2.93 bits per heavy atom. The molecule has 2 atom stereocenters. The number of esters is 1. The predicted octanol–water partition coefficient (Wildman–Crippen LogP) is 0.0354. The lowest BCUT2D eigenvalue weighted by molar-refractivity contribution is -0.159. The molecule has 0 aromatic carbocycles. The Morgan fingerprint density at radius 1 is 1.64 bits per heavy atom. The number of carbonyl (C=O) groups excluding carboxylic acids is 2. The normalized spacial score (nSPS) is 23.9. The second kappa shape index (κ2) is 4.77. The first kappa shape index (κ1) is 10.7. The molecule has 1 saturated heterocycles. The third-order valence-corrected chi connectivity index (χ3v) is 1.98. The van der Waals surface area contributed by atoms with E-state index in [0.717, 1.165) is 0 Å². The van der Waals surface area contributed by atoms with Crippen LogP contribution in [-0.2, 0) is 14.3 Å². The maximum Gasteiger partial charge on any atom is 0.313 e. The zero-order valence-corrected chi connectivity index (χ0v) is 7.73. The maximum atomic E-state index is 11.0. The average molecular weight is 196 g/mol. The number of terminal acetylenes is 1. The fourth-order valence-corrected chi connectivity index (χ4v) is 1.41. The van der Waals surface area contributed by atoms with Crippen LogP contribution in [0.1, 0.15) is 25.7 Å². The van der Waals surface area contributed by atoms with Crippen molar-refractivity contribution < 1.29 is 19.4 Å². The van der Waals surface area contributed by atoms with Gasteiger partial charge in [-0.25, -0.2) is 0 Å². The number of cyclic esters (lactones) is 1. The highest BCUT2D eigenvalue weighted by Gasteiger charge is 2.27. The SMILES string of the molecule is C#CC[C@@H](O)C[C@@H]1CC(=O)CC(=O)O1. The lowest BCUT2D eigenvalue weighted by atomic mass is 10.0. The quantitative estimate of drug-likeness (QED) is 0.393. The van der Waals surface area contributed by atoms with E-state index in [9.17, 15) is 14.7 Å². The molecule has 0 unspecified atom stereocenters. The van der Waals surface area contributed by atoms with Crippen LogP contribution in [0.2, 0.25) is 0 Å². The minimum Gasteiger partial charge on any atom is -0.461 e. The minimum atomic E-state index is -0.705. The molecule has 0 aromatic heterocycles. The van der Waals surface area contributed by atoms with Crippen molar-refractivity contribution in [3.63, 3.8) is 0 Å². The van der Waals surface area contributed by atoms with Gasteiger partial charge in [0.2, 0.25) is 0 Å². The molecule has 0 aromatic rings. The standard InChI is InChI=1S/C10H12O4/c1-2-3-7(11)4-9-5-8(12)6-10(13)14-9/h1,7,9,11H,3-6H2/t7-,9-/m1/s1. The fraction of sp³-hybridized carbons (Fsp3) is 0.600. The third kappa shape index (κ3) is 3.19. The number of ketones is 1. The van der Waals surface area contributed by atoms with Crippen LogP contribution in [0.4, 0.5) is 0 Å². The summed E-state index contributed by atoms with van der Waals surface area (Å²) in [6, 6.07) is 0. The molecule has 4 heteroatoms. The van der Waals surface area contributed by atoms with Gasteiger partial charge >= 0.3 is 5.97 Å². The van der Waals surface area contributed by atoms with Crippen LogP contribution in [-0.4, -0.2) is 29.1 Å². The highest BCUT2D eigenvalue weighted by atomic mass is 16.5. The van der Waals surface area contributed by atoms with E-state index in [1.165, 1.54) is 0 Å². The molecule has 1 aliphatic heterocycles. The van der Waals surface area contributed by atoms with Gasteiger partial charge in [0.1, 0.15) is 18.3 Å². The average Bonchev–Trinajstić information content (AvgIpc) is 2.01. The Labute approximate surface area is 82.2 Å². The highest BCUT2D eigenvalue weighted by molar-refractivity contribution is 5.97. The number of rotatable bonds is 3. The lowest BCUT2D eigenvalue weighted by Gasteiger charge is -2.22. The molecule has 0 bridgehead atoms. The number of hydrogen-bond acceptors (Lipinski definition) is 4. The Balaban J connectivity index is 2.41. The molecule has 1 rings (SSSR count). The zero-order valence-electron chi connectivity index (χ0n) is 7.73. The Morgan fingerprint density at radius 2 is 2.36 bits per heavy atom. The van der Waals surface area contributed by atoms with E-state index in [1.807, 2.05) is 0 Å². The van der Waals surface area contributed by atoms with E-state index in [2.05, 4.69) is 5.92 Å². The van der Waals surface area contributed by atoms with Crippen LogP contribution in [0, 0.1) is 12.3 Å². The van der Waals surface area contributed by atoms with Gasteiger partial charge in [0.05, 0.1) is 6.10 Å². The summed E-state index contributed by atoms with van der Waals surface area (Å²) >= 11 is 0. The van der Waals surface area contributed by atoms with E-state index in [1.54, 1.807) is 0 Å². The molecule has 0 aliphatic carbocycles. The van der Waals surface area contributed by atoms with Gasteiger partial charge in [0.25, 0.3) is 0 Å². The van der Waals surface area contributed by atoms with Crippen molar-refractivity contribution in [2.45, 2.75) is 37.9 Å². The molecule has 4 nitrogen and oxygen atoms in total. The first-order valence-corrected chi connectivity index (χ1v) is 4.44. The van der Waals surface area contributed by atoms with Crippen molar-refractivity contribution in [3.8, 4) is 12.3 Å². The van der Waals surface area contributed by atoms with Crippen LogP contribution < -0.4 is 0 Å². The predicted molar refractivity (Wildman–Crippen MR) is 48.2 cm³/mol. The van der Waals surface area contributed by atoms with Gasteiger partial charge in [-0.2, -0.15) is 0 Å². The van der Waals surface area contributed by atoms with Crippen LogP contribution in [0.25, 0.3) is 0 Å². The van der Waals surface area contributed by atoms with E-state index in [-0.39, 0.29) is 31.5 Å². The largest absolute Gasteiger partial charge is 0.461 e. The minimum absolute atomic E-state index is 0.140. The number of ether oxygens (including phenoxy) is 1. The van der Waals surface area contributed by atoms with Gasteiger partial charge in [-0.1, -0.05) is 0 Å². The first-order valence-electron chi connectivity index (χ1n) is 4.44. The Kier molecular flexibility index (Phi) is 3.66. The molecular weight excluding hydrogens is 184 g/mol. The number of carbonyl (C=O) groups is 2. The van der Waals surface area contributed by atoms with Crippen molar-refractivity contribution in [3.05, 3.63) is 0 Å². The number of Topliss-reactive ketones (excluding diaryl/α,β-unsaturated/α-hetero) is 1. The summed E-state index contributed by atoms with van der Waals surface area (Å²) in [5.74, 6) is 1.65. The Hall–Kier alpha value is -1.34. The molecule has 14 heavy (non-hydrogen) atoms. The van der Waals surface area contributed by atoms with Crippen molar-refractivity contribution in [2.24, 2.45) is 0 Å². The van der Waals surface area contributed by atoms with E-state index >= 15 is 0 Å².